The molecule has 1 aromatic heterocycles. The summed E-state index contributed by atoms with van der Waals surface area (Å²) in [7, 11) is 0. The van der Waals surface area contributed by atoms with Gasteiger partial charge in [-0.1, -0.05) is 52.2 Å². The SMILES string of the molecule is C=CCn1c(=O)n(CC=C)c(=O)n(CC=C)c1=O.C=COCCOC=C.CC(C)(C1CCC(OC(=O)CCS)CC1)C1CCC(OC(=O)CCS)CC1.CCC(COC(=O)CCS)(COC(=O)CCS)COC(=O)CCS.O=C(CCS)OC1CCC(OC(=O)CCS)CC1.O=C(CCS)OCCCCCCOC(=O)CCS. The van der Waals surface area contributed by atoms with Crippen LogP contribution < -0.4 is 17.1 Å². The first-order valence-corrected chi connectivity index (χ1v) is 44.1. The van der Waals surface area contributed by atoms with Crippen LogP contribution in [0.1, 0.15) is 188 Å². The Morgan fingerprint density at radius 2 is 0.566 bits per heavy atom. The van der Waals surface area contributed by atoms with Gasteiger partial charge < -0.3 is 52.1 Å². The second-order valence-electron chi connectivity index (χ2n) is 26.7. The van der Waals surface area contributed by atoms with Crippen LogP contribution in [0.5, 0.6) is 0 Å². The van der Waals surface area contributed by atoms with Crippen LogP contribution in [0.2, 0.25) is 0 Å². The lowest BCUT2D eigenvalue weighted by Crippen LogP contribution is -2.54. The highest BCUT2D eigenvalue weighted by Crippen LogP contribution is 2.49. The maximum atomic E-state index is 11.9. The molecule has 113 heavy (non-hydrogen) atoms. The van der Waals surface area contributed by atoms with E-state index in [1.807, 2.05) is 6.92 Å². The van der Waals surface area contributed by atoms with Crippen LogP contribution in [-0.2, 0) is 115 Å². The Kier molecular flexibility index (Phi) is 68.4. The number of ether oxygens (including phenoxy) is 11. The Balaban J connectivity index is 0. The van der Waals surface area contributed by atoms with Gasteiger partial charge in [0, 0.05) is 51.8 Å². The molecule has 0 N–H and O–H groups in total. The number of esters is 9. The Labute approximate surface area is 718 Å². The van der Waals surface area contributed by atoms with Gasteiger partial charge in [0.15, 0.2) is 0 Å². The zero-order chi connectivity index (χ0) is 85.3. The summed E-state index contributed by atoms with van der Waals surface area (Å²) < 4.78 is 59.6. The number of aromatic nitrogens is 3. The third-order valence-electron chi connectivity index (χ3n) is 17.9. The van der Waals surface area contributed by atoms with E-state index in [0.29, 0.717) is 135 Å². The third kappa shape index (κ3) is 52.5. The number of rotatable bonds is 49. The van der Waals surface area contributed by atoms with Crippen LogP contribution in [0, 0.1) is 22.7 Å². The van der Waals surface area contributed by atoms with Crippen molar-refractivity contribution in [3.05, 3.63) is 95.1 Å². The minimum absolute atomic E-state index is 0.00157. The van der Waals surface area contributed by atoms with E-state index in [1.54, 1.807) is 0 Å². The lowest BCUT2D eigenvalue weighted by molar-refractivity contribution is -0.162. The molecule has 0 bridgehead atoms. The van der Waals surface area contributed by atoms with E-state index >= 15 is 0 Å². The summed E-state index contributed by atoms with van der Waals surface area (Å²) in [6.45, 7) is 25.9. The number of hydrogen-bond acceptors (Lipinski definition) is 32. The molecule has 648 valence electrons. The van der Waals surface area contributed by atoms with Gasteiger partial charge in [0.05, 0.1) is 109 Å². The molecular formula is C78H129N3O23S9. The average molecular weight is 1770 g/mol. The highest BCUT2D eigenvalue weighted by molar-refractivity contribution is 7.81. The molecule has 3 aliphatic rings. The lowest BCUT2D eigenvalue weighted by atomic mass is 9.60. The molecule has 0 unspecified atom stereocenters. The molecule has 35 heteroatoms. The van der Waals surface area contributed by atoms with E-state index in [-0.39, 0.29) is 124 Å². The summed E-state index contributed by atoms with van der Waals surface area (Å²) in [5.41, 5.74) is -2.48. The molecule has 0 aliphatic heterocycles. The number of carbonyl (C=O) groups is 9. The van der Waals surface area contributed by atoms with Crippen molar-refractivity contribution in [1.82, 2.24) is 13.7 Å². The molecular weight excluding hydrogens is 1640 g/mol. The van der Waals surface area contributed by atoms with Gasteiger partial charge in [0.2, 0.25) is 0 Å². The Bertz CT molecular complexity index is 2810. The Morgan fingerprint density at radius 3 is 0.779 bits per heavy atom. The zero-order valence-corrected chi connectivity index (χ0v) is 74.5. The Morgan fingerprint density at radius 1 is 0.345 bits per heavy atom. The standard InChI is InChI=1S/C21H36O4S2.C15H26O6S3.C12H15N3O3.C12H20O4S2.C12H22O4S2.C6H10O2/c1-21(2,15-3-7-17(8-4-15)24-19(22)11-13-26)16-5-9-18(10-6-16)25-20(23)12-14-27;1-2-15(9-19-12(16)3-6-22,10-20-13(17)4-7-23)11-21-14(18)5-8-24;1-4-7-13-10(16)14(8-5-2)12(18)15(9-6-3)11(13)17;13-11(5-7-17)15-9-1-2-10(4-3-9)16-12(14)6-8-18;13-11(5-9-17)15-7-3-1-2-4-8-16-12(14)6-10-18;1-3-7-5-6-8-4-2/h15-18,26-27H,3-14H2,1-2H3;22-24H,2-11H2,1H3;4-6H,1-3,7-9H2;9-10,17-18H,1-8H2;17-18H,1-10H2;3-4H,1-2,5-6H2. The molecule has 3 aliphatic carbocycles. The summed E-state index contributed by atoms with van der Waals surface area (Å²) in [6.07, 6.45) is 25.5. The number of carbonyl (C=O) groups excluding carboxylic acids is 9. The normalized spacial score (nSPS) is 16.8. The molecule has 0 amide bonds. The van der Waals surface area contributed by atoms with E-state index in [9.17, 15) is 57.5 Å². The maximum Gasteiger partial charge on any atom is 0.336 e. The van der Waals surface area contributed by atoms with Gasteiger partial charge in [-0.2, -0.15) is 114 Å². The predicted molar refractivity (Wildman–Crippen MR) is 470 cm³/mol. The fourth-order valence-corrected chi connectivity index (χ4v) is 13.1. The summed E-state index contributed by atoms with van der Waals surface area (Å²) in [6, 6.07) is 0. The second-order valence-corrected chi connectivity index (χ2v) is 30.7. The molecule has 0 atom stereocenters. The number of allylic oxidation sites excluding steroid dienone is 3. The van der Waals surface area contributed by atoms with Gasteiger partial charge in [0.1, 0.15) is 57.5 Å². The van der Waals surface area contributed by atoms with E-state index < -0.39 is 40.4 Å². The van der Waals surface area contributed by atoms with Crippen LogP contribution >= 0.6 is 114 Å². The number of thiol groups is 9. The summed E-state index contributed by atoms with van der Waals surface area (Å²) >= 11 is 36.0. The molecule has 3 fully saturated rings. The fourth-order valence-electron chi connectivity index (χ4n) is 11.5. The molecule has 0 spiro atoms. The smallest absolute Gasteiger partial charge is 0.336 e. The number of unbranched alkanes of at least 4 members (excludes halogenated alkanes) is 3. The predicted octanol–water partition coefficient (Wildman–Crippen LogP) is 12.2. The average Bonchev–Trinajstić information content (AvgIpc) is 0.799. The van der Waals surface area contributed by atoms with Gasteiger partial charge in [-0.15, -0.1) is 19.7 Å². The van der Waals surface area contributed by atoms with Crippen molar-refractivity contribution >= 4 is 167 Å². The maximum absolute atomic E-state index is 11.9. The van der Waals surface area contributed by atoms with Crippen LogP contribution in [0.25, 0.3) is 0 Å². The van der Waals surface area contributed by atoms with E-state index in [2.05, 4.69) is 160 Å². The van der Waals surface area contributed by atoms with Gasteiger partial charge in [0.25, 0.3) is 0 Å². The lowest BCUT2D eigenvalue weighted by Gasteiger charge is -2.46. The van der Waals surface area contributed by atoms with Crippen molar-refractivity contribution < 1.29 is 95.3 Å². The Hall–Kier alpha value is -4.91. The molecule has 1 heterocycles. The molecule has 26 nitrogen and oxygen atoms in total. The van der Waals surface area contributed by atoms with Crippen LogP contribution in [0.3, 0.4) is 0 Å². The number of nitrogens with zero attached hydrogens (tertiary/aromatic N) is 3. The van der Waals surface area contributed by atoms with Crippen LogP contribution in [-0.4, -0.2) is 190 Å². The van der Waals surface area contributed by atoms with Crippen molar-refractivity contribution in [1.29, 1.82) is 0 Å². The first-order chi connectivity index (χ1) is 54.1. The largest absolute Gasteiger partial charge is 0.498 e. The van der Waals surface area contributed by atoms with Gasteiger partial charge >= 0.3 is 70.8 Å². The van der Waals surface area contributed by atoms with E-state index in [1.165, 1.54) is 30.8 Å². The topological polar surface area (TPSA) is 321 Å². The van der Waals surface area contributed by atoms with Crippen molar-refractivity contribution in [3.8, 4) is 0 Å². The summed E-state index contributed by atoms with van der Waals surface area (Å²) in [5.74, 6) is 3.47. The molecule has 0 aromatic carbocycles. The van der Waals surface area contributed by atoms with Gasteiger partial charge in [-0.3, -0.25) is 43.2 Å². The van der Waals surface area contributed by atoms with Gasteiger partial charge in [-0.25, -0.2) is 28.1 Å². The quantitative estimate of drug-likeness (QED) is 0.00731. The van der Waals surface area contributed by atoms with Crippen molar-refractivity contribution in [2.45, 2.75) is 232 Å². The highest BCUT2D eigenvalue weighted by atomic mass is 32.1. The summed E-state index contributed by atoms with van der Waals surface area (Å²) in [5, 5.41) is 0. The summed E-state index contributed by atoms with van der Waals surface area (Å²) in [4.78, 5) is 138. The van der Waals surface area contributed by atoms with Gasteiger partial charge in [-0.05, 0) is 126 Å². The van der Waals surface area contributed by atoms with E-state index in [4.69, 9.17) is 52.1 Å². The molecule has 3 saturated carbocycles. The van der Waals surface area contributed by atoms with E-state index in [0.717, 1.165) is 116 Å². The minimum Gasteiger partial charge on any atom is -0.498 e. The minimum atomic E-state index is -0.773. The highest BCUT2D eigenvalue weighted by Gasteiger charge is 2.42. The zero-order valence-electron chi connectivity index (χ0n) is 66.5. The molecule has 4 rings (SSSR count). The molecule has 0 radical (unpaired) electrons. The molecule has 1 aromatic rings. The van der Waals surface area contributed by atoms with Crippen LogP contribution in [0.4, 0.5) is 0 Å². The van der Waals surface area contributed by atoms with Crippen molar-refractivity contribution in [2.75, 3.05) is 98.0 Å². The second kappa shape index (κ2) is 70.1. The fraction of sp³-hybridized carbons (Fsp3) is 0.718. The van der Waals surface area contributed by atoms with Crippen LogP contribution in [0.15, 0.2) is 78.0 Å². The first-order valence-electron chi connectivity index (χ1n) is 38.4. The monoisotopic (exact) mass is 1760 g/mol. The third-order valence-corrected chi connectivity index (χ3v) is 19.9. The van der Waals surface area contributed by atoms with Crippen molar-refractivity contribution in [2.24, 2.45) is 22.7 Å². The number of hydrogen-bond donors (Lipinski definition) is 9. The van der Waals surface area contributed by atoms with Crippen molar-refractivity contribution in [3.63, 3.8) is 0 Å². The molecule has 0 saturated heterocycles. The first kappa shape index (κ1) is 110.